The molecule has 0 unspecified atom stereocenters. The molecule has 1 aromatic carbocycles. The van der Waals surface area contributed by atoms with Crippen molar-refractivity contribution < 1.29 is 9.53 Å². The lowest BCUT2D eigenvalue weighted by atomic mass is 10.2. The second-order valence-electron chi connectivity index (χ2n) is 4.28. The van der Waals surface area contributed by atoms with E-state index < -0.39 is 5.97 Å². The summed E-state index contributed by atoms with van der Waals surface area (Å²) in [7, 11) is 0. The van der Waals surface area contributed by atoms with Gasteiger partial charge in [-0.2, -0.15) is 0 Å². The molecule has 0 saturated carbocycles. The topological polar surface area (TPSA) is 65.2 Å². The zero-order valence-corrected chi connectivity index (χ0v) is 11.4. The lowest BCUT2D eigenvalue weighted by Gasteiger charge is -2.05. The Kier molecular flexibility index (Phi) is 3.35. The average Bonchev–Trinajstić information content (AvgIpc) is 2.91. The molecule has 100 valence electrons. The second kappa shape index (κ2) is 5.30. The van der Waals surface area contributed by atoms with Crippen LogP contribution < -0.4 is 5.73 Å². The van der Waals surface area contributed by atoms with Crippen LogP contribution in [-0.4, -0.2) is 11.0 Å². The first-order valence-electron chi connectivity index (χ1n) is 6.09. The standard InChI is InChI=1S/C15H12N2O2S/c16-12-7-8-20-14(12)15(18)19-9-11-6-5-10-3-1-2-4-13(10)17-11/h1-8H,9,16H2. The number of carbonyl (C=O) groups is 1. The van der Waals surface area contributed by atoms with Gasteiger partial charge >= 0.3 is 5.97 Å². The van der Waals surface area contributed by atoms with Crippen LogP contribution in [0.4, 0.5) is 5.69 Å². The van der Waals surface area contributed by atoms with E-state index in [0.29, 0.717) is 16.3 Å². The van der Waals surface area contributed by atoms with Crippen LogP contribution in [-0.2, 0) is 11.3 Å². The van der Waals surface area contributed by atoms with Gasteiger partial charge in [0.05, 0.1) is 16.9 Å². The summed E-state index contributed by atoms with van der Waals surface area (Å²) in [4.78, 5) is 16.7. The molecule has 0 fully saturated rings. The van der Waals surface area contributed by atoms with Crippen molar-refractivity contribution in [1.82, 2.24) is 4.98 Å². The summed E-state index contributed by atoms with van der Waals surface area (Å²) < 4.78 is 5.23. The van der Waals surface area contributed by atoms with E-state index in [4.69, 9.17) is 10.5 Å². The number of aromatic nitrogens is 1. The number of rotatable bonds is 3. The van der Waals surface area contributed by atoms with E-state index in [1.54, 1.807) is 11.4 Å². The molecule has 2 N–H and O–H groups in total. The minimum atomic E-state index is -0.410. The van der Waals surface area contributed by atoms with Crippen LogP contribution in [0.2, 0.25) is 0 Å². The van der Waals surface area contributed by atoms with E-state index in [-0.39, 0.29) is 6.61 Å². The molecule has 3 aromatic rings. The minimum absolute atomic E-state index is 0.140. The molecule has 5 heteroatoms. The Morgan fingerprint density at radius 3 is 2.85 bits per heavy atom. The Bertz CT molecular complexity index is 767. The zero-order chi connectivity index (χ0) is 13.9. The van der Waals surface area contributed by atoms with E-state index >= 15 is 0 Å². The summed E-state index contributed by atoms with van der Waals surface area (Å²) in [5.41, 5.74) is 7.73. The maximum absolute atomic E-state index is 11.8. The van der Waals surface area contributed by atoms with Gasteiger partial charge in [-0.3, -0.25) is 0 Å². The Morgan fingerprint density at radius 1 is 1.20 bits per heavy atom. The third-order valence-corrected chi connectivity index (χ3v) is 3.80. The monoisotopic (exact) mass is 284 g/mol. The highest BCUT2D eigenvalue weighted by atomic mass is 32.1. The molecule has 4 nitrogen and oxygen atoms in total. The van der Waals surface area contributed by atoms with Crippen molar-refractivity contribution in [2.45, 2.75) is 6.61 Å². The second-order valence-corrected chi connectivity index (χ2v) is 5.19. The number of nitrogen functional groups attached to an aromatic ring is 1. The Balaban J connectivity index is 1.74. The molecular formula is C15H12N2O2S. The van der Waals surface area contributed by atoms with E-state index in [9.17, 15) is 4.79 Å². The summed E-state index contributed by atoms with van der Waals surface area (Å²) in [5.74, 6) is -0.410. The van der Waals surface area contributed by atoms with Gasteiger partial charge in [-0.1, -0.05) is 24.3 Å². The summed E-state index contributed by atoms with van der Waals surface area (Å²) >= 11 is 1.28. The molecule has 2 aromatic heterocycles. The first-order chi connectivity index (χ1) is 9.74. The van der Waals surface area contributed by atoms with E-state index in [2.05, 4.69) is 4.98 Å². The number of nitrogens with zero attached hydrogens (tertiary/aromatic N) is 1. The molecule has 0 saturated heterocycles. The fourth-order valence-electron chi connectivity index (χ4n) is 1.88. The molecule has 0 spiro atoms. The van der Waals surface area contributed by atoms with Crippen molar-refractivity contribution in [2.24, 2.45) is 0 Å². The number of hydrogen-bond donors (Lipinski definition) is 1. The van der Waals surface area contributed by atoms with Crippen molar-refractivity contribution in [3.63, 3.8) is 0 Å². The number of benzene rings is 1. The number of hydrogen-bond acceptors (Lipinski definition) is 5. The van der Waals surface area contributed by atoms with Gasteiger partial charge in [0.2, 0.25) is 0 Å². The van der Waals surface area contributed by atoms with Crippen molar-refractivity contribution in [3.8, 4) is 0 Å². The number of para-hydroxylation sites is 1. The smallest absolute Gasteiger partial charge is 0.350 e. The fraction of sp³-hybridized carbons (Fsp3) is 0.0667. The molecule has 0 aliphatic carbocycles. The van der Waals surface area contributed by atoms with E-state index in [1.807, 2.05) is 36.4 Å². The zero-order valence-electron chi connectivity index (χ0n) is 10.6. The Hall–Kier alpha value is -2.40. The third kappa shape index (κ3) is 2.48. The maximum atomic E-state index is 11.8. The highest BCUT2D eigenvalue weighted by Crippen LogP contribution is 2.20. The lowest BCUT2D eigenvalue weighted by molar-refractivity contribution is 0.0475. The number of thiophene rings is 1. The predicted octanol–water partition coefficient (Wildman–Crippen LogP) is 3.24. The van der Waals surface area contributed by atoms with Crippen molar-refractivity contribution >= 4 is 33.9 Å². The largest absolute Gasteiger partial charge is 0.455 e. The summed E-state index contributed by atoms with van der Waals surface area (Å²) in [6.45, 7) is 0.140. The van der Waals surface area contributed by atoms with Gasteiger partial charge in [0.1, 0.15) is 11.5 Å². The number of esters is 1. The molecule has 0 bridgehead atoms. The molecule has 0 aliphatic heterocycles. The number of anilines is 1. The minimum Gasteiger partial charge on any atom is -0.455 e. The fourth-order valence-corrected chi connectivity index (χ4v) is 2.59. The number of carbonyl (C=O) groups excluding carboxylic acids is 1. The highest BCUT2D eigenvalue weighted by molar-refractivity contribution is 7.12. The molecule has 0 aliphatic rings. The molecular weight excluding hydrogens is 272 g/mol. The Labute approximate surface area is 119 Å². The van der Waals surface area contributed by atoms with Crippen LogP contribution in [0.15, 0.2) is 47.8 Å². The van der Waals surface area contributed by atoms with Crippen LogP contribution in [0, 0.1) is 0 Å². The molecule has 2 heterocycles. The first kappa shape index (κ1) is 12.6. The molecule has 20 heavy (non-hydrogen) atoms. The van der Waals surface area contributed by atoms with Crippen molar-refractivity contribution in [2.75, 3.05) is 5.73 Å². The van der Waals surface area contributed by atoms with Crippen molar-refractivity contribution in [3.05, 3.63) is 58.4 Å². The van der Waals surface area contributed by atoms with Gasteiger partial charge in [-0.25, -0.2) is 9.78 Å². The van der Waals surface area contributed by atoms with Gasteiger partial charge < -0.3 is 10.5 Å². The van der Waals surface area contributed by atoms with Crippen LogP contribution in [0.25, 0.3) is 10.9 Å². The summed E-state index contributed by atoms with van der Waals surface area (Å²) in [5, 5.41) is 2.82. The predicted molar refractivity (Wildman–Crippen MR) is 79.6 cm³/mol. The van der Waals surface area contributed by atoms with E-state index in [0.717, 1.165) is 10.9 Å². The van der Waals surface area contributed by atoms with Gasteiger partial charge in [-0.15, -0.1) is 11.3 Å². The summed E-state index contributed by atoms with van der Waals surface area (Å²) in [6.07, 6.45) is 0. The quantitative estimate of drug-likeness (QED) is 0.750. The number of ether oxygens (including phenoxy) is 1. The van der Waals surface area contributed by atoms with Gasteiger partial charge in [-0.05, 0) is 23.6 Å². The third-order valence-electron chi connectivity index (χ3n) is 2.89. The van der Waals surface area contributed by atoms with Crippen LogP contribution in [0.3, 0.4) is 0 Å². The van der Waals surface area contributed by atoms with Gasteiger partial charge in [0.25, 0.3) is 0 Å². The number of fused-ring (bicyclic) bond motifs is 1. The molecule has 0 atom stereocenters. The molecule has 0 amide bonds. The molecule has 3 rings (SSSR count). The SMILES string of the molecule is Nc1ccsc1C(=O)OCc1ccc2ccccc2n1. The maximum Gasteiger partial charge on any atom is 0.350 e. The Morgan fingerprint density at radius 2 is 2.05 bits per heavy atom. The van der Waals surface area contributed by atoms with Crippen molar-refractivity contribution in [1.29, 1.82) is 0 Å². The van der Waals surface area contributed by atoms with Crippen LogP contribution in [0.1, 0.15) is 15.4 Å². The average molecular weight is 284 g/mol. The summed E-state index contributed by atoms with van der Waals surface area (Å²) in [6, 6.07) is 13.3. The van der Waals surface area contributed by atoms with Crippen LogP contribution in [0.5, 0.6) is 0 Å². The van der Waals surface area contributed by atoms with Gasteiger partial charge in [0, 0.05) is 5.39 Å². The number of pyridine rings is 1. The first-order valence-corrected chi connectivity index (χ1v) is 6.97. The van der Waals surface area contributed by atoms with E-state index in [1.165, 1.54) is 11.3 Å². The lowest BCUT2D eigenvalue weighted by Crippen LogP contribution is -2.06. The number of nitrogens with two attached hydrogens (primary N) is 1. The van der Waals surface area contributed by atoms with Crippen LogP contribution >= 0.6 is 11.3 Å². The molecule has 0 radical (unpaired) electrons. The highest BCUT2D eigenvalue weighted by Gasteiger charge is 2.13. The van der Waals surface area contributed by atoms with Gasteiger partial charge in [0.15, 0.2) is 0 Å². The normalized spacial score (nSPS) is 10.6.